The molecule has 0 aliphatic carbocycles. The predicted molar refractivity (Wildman–Crippen MR) is 104 cm³/mol. The van der Waals surface area contributed by atoms with Gasteiger partial charge < -0.3 is 14.4 Å². The first-order valence-corrected chi connectivity index (χ1v) is 8.85. The van der Waals surface area contributed by atoms with Gasteiger partial charge in [-0.3, -0.25) is 4.79 Å². The number of aryl methyl sites for hydroxylation is 1. The molecule has 1 fully saturated rings. The molecule has 134 valence electrons. The Morgan fingerprint density at radius 2 is 1.77 bits per heavy atom. The summed E-state index contributed by atoms with van der Waals surface area (Å²) < 4.78 is 2.06. The van der Waals surface area contributed by atoms with E-state index in [9.17, 15) is 10.1 Å². The minimum absolute atomic E-state index is 0.180. The summed E-state index contributed by atoms with van der Waals surface area (Å²) in [4.78, 5) is 16.8. The molecule has 2 heterocycles. The molecule has 5 heteroatoms. The number of rotatable bonds is 3. The number of carbonyl (C=O) groups is 1. The van der Waals surface area contributed by atoms with E-state index in [0.717, 1.165) is 30.0 Å². The highest BCUT2D eigenvalue weighted by atomic mass is 16.2. The second-order valence-corrected chi connectivity index (χ2v) is 6.67. The number of carbonyl (C=O) groups excluding carboxylic acids is 1. The maximum Gasteiger partial charge on any atom is 0.264 e. The van der Waals surface area contributed by atoms with E-state index in [1.165, 1.54) is 5.69 Å². The van der Waals surface area contributed by atoms with Gasteiger partial charge in [-0.15, -0.1) is 0 Å². The van der Waals surface area contributed by atoms with Crippen LogP contribution < -0.4 is 4.90 Å². The van der Waals surface area contributed by atoms with Crippen LogP contribution in [0, 0.1) is 25.2 Å². The number of piperazine rings is 1. The minimum atomic E-state index is -0.180. The zero-order valence-electron chi connectivity index (χ0n) is 15.6. The lowest BCUT2D eigenvalue weighted by molar-refractivity contribution is -0.126. The highest BCUT2D eigenvalue weighted by Crippen LogP contribution is 2.19. The number of hydrogen-bond acceptors (Lipinski definition) is 3. The number of aromatic nitrogens is 1. The van der Waals surface area contributed by atoms with Gasteiger partial charge in [-0.1, -0.05) is 18.2 Å². The van der Waals surface area contributed by atoms with Gasteiger partial charge in [-0.25, -0.2) is 0 Å². The summed E-state index contributed by atoms with van der Waals surface area (Å²) in [6.07, 6.45) is 1.72. The third-order valence-corrected chi connectivity index (χ3v) is 5.15. The van der Waals surface area contributed by atoms with Crippen molar-refractivity contribution in [3.63, 3.8) is 0 Å². The summed E-state index contributed by atoms with van der Waals surface area (Å²) in [6, 6.07) is 14.3. The number of anilines is 1. The molecule has 1 aliphatic rings. The summed E-state index contributed by atoms with van der Waals surface area (Å²) in [6.45, 7) is 6.81. The molecule has 26 heavy (non-hydrogen) atoms. The highest BCUT2D eigenvalue weighted by molar-refractivity contribution is 6.02. The molecule has 2 aromatic rings. The van der Waals surface area contributed by atoms with Gasteiger partial charge in [0.2, 0.25) is 0 Å². The fraction of sp³-hybridized carbons (Fsp3) is 0.333. The van der Waals surface area contributed by atoms with Gasteiger partial charge in [0.15, 0.2) is 0 Å². The van der Waals surface area contributed by atoms with Crippen molar-refractivity contribution in [2.45, 2.75) is 13.8 Å². The van der Waals surface area contributed by atoms with Crippen LogP contribution in [0.25, 0.3) is 6.08 Å². The SMILES string of the molecule is Cc1cc(/C=C(\C#N)C(=O)N2CCN(c3ccccc3)CC2)c(C)n1C. The lowest BCUT2D eigenvalue weighted by Gasteiger charge is -2.36. The van der Waals surface area contributed by atoms with Crippen LogP contribution in [-0.2, 0) is 11.8 Å². The molecular weight excluding hydrogens is 324 g/mol. The zero-order valence-corrected chi connectivity index (χ0v) is 15.6. The van der Waals surface area contributed by atoms with Gasteiger partial charge in [0.05, 0.1) is 0 Å². The summed E-state index contributed by atoms with van der Waals surface area (Å²) in [5, 5.41) is 9.50. The van der Waals surface area contributed by atoms with Crippen molar-refractivity contribution in [1.82, 2.24) is 9.47 Å². The van der Waals surface area contributed by atoms with Gasteiger partial charge in [0, 0.05) is 50.3 Å². The topological polar surface area (TPSA) is 52.3 Å². The fourth-order valence-corrected chi connectivity index (χ4v) is 3.30. The Morgan fingerprint density at radius 3 is 2.31 bits per heavy atom. The van der Waals surface area contributed by atoms with Crippen LogP contribution in [0.1, 0.15) is 17.0 Å². The molecule has 1 aromatic carbocycles. The van der Waals surface area contributed by atoms with E-state index in [2.05, 4.69) is 27.7 Å². The largest absolute Gasteiger partial charge is 0.368 e. The molecule has 0 atom stereocenters. The fourth-order valence-electron chi connectivity index (χ4n) is 3.30. The average Bonchev–Trinajstić information content (AvgIpc) is 2.93. The summed E-state index contributed by atoms with van der Waals surface area (Å²) >= 11 is 0. The average molecular weight is 348 g/mol. The van der Waals surface area contributed by atoms with Crippen molar-refractivity contribution >= 4 is 17.7 Å². The lowest BCUT2D eigenvalue weighted by Crippen LogP contribution is -2.49. The maximum atomic E-state index is 12.8. The molecule has 0 bridgehead atoms. The van der Waals surface area contributed by atoms with E-state index >= 15 is 0 Å². The Bertz CT molecular complexity index is 865. The quantitative estimate of drug-likeness (QED) is 0.633. The Kier molecular flexibility index (Phi) is 5.13. The molecule has 0 N–H and O–H groups in total. The molecular formula is C21H24N4O. The van der Waals surface area contributed by atoms with Crippen LogP contribution in [-0.4, -0.2) is 41.6 Å². The first kappa shape index (κ1) is 17.8. The number of hydrogen-bond donors (Lipinski definition) is 0. The Balaban J connectivity index is 1.71. The highest BCUT2D eigenvalue weighted by Gasteiger charge is 2.24. The molecule has 0 saturated carbocycles. The Labute approximate surface area is 154 Å². The predicted octanol–water partition coefficient (Wildman–Crippen LogP) is 2.90. The van der Waals surface area contributed by atoms with E-state index < -0.39 is 0 Å². The second-order valence-electron chi connectivity index (χ2n) is 6.67. The van der Waals surface area contributed by atoms with Crippen molar-refractivity contribution in [2.24, 2.45) is 7.05 Å². The van der Waals surface area contributed by atoms with Crippen LogP contribution >= 0.6 is 0 Å². The van der Waals surface area contributed by atoms with E-state index in [1.807, 2.05) is 45.2 Å². The molecule has 0 unspecified atom stereocenters. The van der Waals surface area contributed by atoms with Gasteiger partial charge in [-0.05, 0) is 43.7 Å². The van der Waals surface area contributed by atoms with Gasteiger partial charge in [0.25, 0.3) is 5.91 Å². The van der Waals surface area contributed by atoms with E-state index in [0.29, 0.717) is 13.1 Å². The normalized spacial score (nSPS) is 15.1. The standard InChI is InChI=1S/C21H24N4O/c1-16-13-18(17(2)23(16)3)14-19(15-22)21(26)25-11-9-24(10-12-25)20-7-5-4-6-8-20/h4-8,13-14H,9-12H2,1-3H3/b19-14+. The summed E-state index contributed by atoms with van der Waals surface area (Å²) in [7, 11) is 1.98. The molecule has 1 aliphatic heterocycles. The smallest absolute Gasteiger partial charge is 0.264 e. The number of para-hydroxylation sites is 1. The Morgan fingerprint density at radius 1 is 1.12 bits per heavy atom. The van der Waals surface area contributed by atoms with Gasteiger partial charge in [0.1, 0.15) is 11.6 Å². The van der Waals surface area contributed by atoms with Crippen molar-refractivity contribution in [3.05, 3.63) is 58.9 Å². The molecule has 1 amide bonds. The first-order chi connectivity index (χ1) is 12.5. The molecule has 1 aromatic heterocycles. The van der Waals surface area contributed by atoms with Crippen LogP contribution in [0.4, 0.5) is 5.69 Å². The summed E-state index contributed by atoms with van der Waals surface area (Å²) in [5.41, 5.74) is 4.46. The molecule has 0 spiro atoms. The van der Waals surface area contributed by atoms with Crippen LogP contribution in [0.3, 0.4) is 0 Å². The van der Waals surface area contributed by atoms with Crippen molar-refractivity contribution in [1.29, 1.82) is 5.26 Å². The lowest BCUT2D eigenvalue weighted by atomic mass is 10.1. The maximum absolute atomic E-state index is 12.8. The van der Waals surface area contributed by atoms with Crippen molar-refractivity contribution in [3.8, 4) is 6.07 Å². The second kappa shape index (κ2) is 7.49. The van der Waals surface area contributed by atoms with Crippen LogP contribution in [0.15, 0.2) is 42.0 Å². The third-order valence-electron chi connectivity index (χ3n) is 5.15. The van der Waals surface area contributed by atoms with E-state index in [-0.39, 0.29) is 11.5 Å². The Hall–Kier alpha value is -3.00. The molecule has 0 radical (unpaired) electrons. The number of nitriles is 1. The van der Waals surface area contributed by atoms with Gasteiger partial charge >= 0.3 is 0 Å². The zero-order chi connectivity index (χ0) is 18.7. The minimum Gasteiger partial charge on any atom is -0.368 e. The van der Waals surface area contributed by atoms with Crippen LogP contribution in [0.5, 0.6) is 0 Å². The summed E-state index contributed by atoms with van der Waals surface area (Å²) in [5.74, 6) is -0.180. The van der Waals surface area contributed by atoms with Gasteiger partial charge in [-0.2, -0.15) is 5.26 Å². The third kappa shape index (κ3) is 3.50. The van der Waals surface area contributed by atoms with E-state index in [1.54, 1.807) is 11.0 Å². The molecule has 3 rings (SSSR count). The number of nitrogens with zero attached hydrogens (tertiary/aromatic N) is 4. The van der Waals surface area contributed by atoms with Crippen molar-refractivity contribution < 1.29 is 4.79 Å². The van der Waals surface area contributed by atoms with Crippen molar-refractivity contribution in [2.75, 3.05) is 31.1 Å². The first-order valence-electron chi connectivity index (χ1n) is 8.85. The van der Waals surface area contributed by atoms with Crippen LogP contribution in [0.2, 0.25) is 0 Å². The van der Waals surface area contributed by atoms with E-state index in [4.69, 9.17) is 0 Å². The molecule has 1 saturated heterocycles. The number of benzene rings is 1. The monoisotopic (exact) mass is 348 g/mol. The number of amides is 1. The molecule has 5 nitrogen and oxygen atoms in total.